The van der Waals surface area contributed by atoms with Gasteiger partial charge in [0, 0.05) is 31.2 Å². The standard InChI is InChI=1S/C15H20N2O/c1-4-17-8-7-13(11-17)10-16-14-5-6-15(18-3)12(2)9-14/h5-9,11,16H,4,10H2,1-3H3. The van der Waals surface area contributed by atoms with Crippen molar-refractivity contribution in [3.05, 3.63) is 47.8 Å². The van der Waals surface area contributed by atoms with Gasteiger partial charge in [0.1, 0.15) is 5.75 Å². The molecule has 0 radical (unpaired) electrons. The zero-order chi connectivity index (χ0) is 13.0. The Kier molecular flexibility index (Phi) is 3.92. The number of methoxy groups -OCH3 is 1. The fourth-order valence-electron chi connectivity index (χ4n) is 1.98. The molecule has 0 saturated heterocycles. The van der Waals surface area contributed by atoms with Crippen LogP contribution in [-0.4, -0.2) is 11.7 Å². The Morgan fingerprint density at radius 1 is 1.28 bits per heavy atom. The van der Waals surface area contributed by atoms with E-state index in [4.69, 9.17) is 4.74 Å². The summed E-state index contributed by atoms with van der Waals surface area (Å²) in [5, 5.41) is 3.42. The summed E-state index contributed by atoms with van der Waals surface area (Å²) in [7, 11) is 1.70. The Bertz CT molecular complexity index is 517. The fourth-order valence-corrected chi connectivity index (χ4v) is 1.98. The molecule has 1 aromatic heterocycles. The van der Waals surface area contributed by atoms with Crippen LogP contribution in [0.3, 0.4) is 0 Å². The van der Waals surface area contributed by atoms with Crippen LogP contribution in [0.2, 0.25) is 0 Å². The minimum absolute atomic E-state index is 0.846. The number of anilines is 1. The molecule has 0 aliphatic heterocycles. The lowest BCUT2D eigenvalue weighted by molar-refractivity contribution is 0.412. The van der Waals surface area contributed by atoms with Crippen molar-refractivity contribution in [3.63, 3.8) is 0 Å². The van der Waals surface area contributed by atoms with E-state index in [2.05, 4.69) is 48.3 Å². The molecule has 0 spiro atoms. The molecule has 0 amide bonds. The van der Waals surface area contributed by atoms with Crippen molar-refractivity contribution < 1.29 is 4.74 Å². The molecule has 3 nitrogen and oxygen atoms in total. The van der Waals surface area contributed by atoms with E-state index in [1.165, 1.54) is 5.56 Å². The largest absolute Gasteiger partial charge is 0.496 e. The molecule has 0 bridgehead atoms. The molecular weight excluding hydrogens is 224 g/mol. The van der Waals surface area contributed by atoms with Gasteiger partial charge in [0.25, 0.3) is 0 Å². The number of benzene rings is 1. The van der Waals surface area contributed by atoms with Crippen LogP contribution in [0.5, 0.6) is 5.75 Å². The van der Waals surface area contributed by atoms with E-state index in [1.54, 1.807) is 7.11 Å². The number of aromatic nitrogens is 1. The van der Waals surface area contributed by atoms with E-state index in [0.717, 1.165) is 30.1 Å². The lowest BCUT2D eigenvalue weighted by Gasteiger charge is -2.09. The highest BCUT2D eigenvalue weighted by Gasteiger charge is 2.00. The molecule has 1 N–H and O–H groups in total. The van der Waals surface area contributed by atoms with Gasteiger partial charge in [0.15, 0.2) is 0 Å². The van der Waals surface area contributed by atoms with Gasteiger partial charge < -0.3 is 14.6 Å². The SMILES string of the molecule is CCn1ccc(CNc2ccc(OC)c(C)c2)c1. The van der Waals surface area contributed by atoms with Gasteiger partial charge in [-0.15, -0.1) is 0 Å². The zero-order valence-corrected chi connectivity index (χ0v) is 11.2. The van der Waals surface area contributed by atoms with Gasteiger partial charge in [-0.3, -0.25) is 0 Å². The third-order valence-corrected chi connectivity index (χ3v) is 3.07. The minimum Gasteiger partial charge on any atom is -0.496 e. The lowest BCUT2D eigenvalue weighted by atomic mass is 10.2. The number of rotatable bonds is 5. The smallest absolute Gasteiger partial charge is 0.121 e. The highest BCUT2D eigenvalue weighted by Crippen LogP contribution is 2.21. The van der Waals surface area contributed by atoms with Gasteiger partial charge in [0.05, 0.1) is 7.11 Å². The van der Waals surface area contributed by atoms with Crippen LogP contribution in [0.15, 0.2) is 36.7 Å². The topological polar surface area (TPSA) is 26.2 Å². The van der Waals surface area contributed by atoms with E-state index in [0.29, 0.717) is 0 Å². The van der Waals surface area contributed by atoms with Gasteiger partial charge in [-0.2, -0.15) is 0 Å². The quantitative estimate of drug-likeness (QED) is 0.872. The summed E-state index contributed by atoms with van der Waals surface area (Å²) in [5.41, 5.74) is 3.57. The molecule has 0 unspecified atom stereocenters. The summed E-state index contributed by atoms with van der Waals surface area (Å²) in [6.45, 7) is 6.06. The molecule has 18 heavy (non-hydrogen) atoms. The highest BCUT2D eigenvalue weighted by atomic mass is 16.5. The third kappa shape index (κ3) is 2.86. The maximum Gasteiger partial charge on any atom is 0.121 e. The van der Waals surface area contributed by atoms with Crippen LogP contribution in [0.1, 0.15) is 18.1 Å². The Labute approximate surface area is 108 Å². The average molecular weight is 244 g/mol. The van der Waals surface area contributed by atoms with E-state index in [-0.39, 0.29) is 0 Å². The van der Waals surface area contributed by atoms with Crippen LogP contribution in [0.4, 0.5) is 5.69 Å². The van der Waals surface area contributed by atoms with Gasteiger partial charge in [-0.25, -0.2) is 0 Å². The van der Waals surface area contributed by atoms with Crippen LogP contribution in [0.25, 0.3) is 0 Å². The summed E-state index contributed by atoms with van der Waals surface area (Å²) in [6.07, 6.45) is 4.28. The summed E-state index contributed by atoms with van der Waals surface area (Å²) < 4.78 is 7.43. The normalized spacial score (nSPS) is 10.4. The molecule has 2 rings (SSSR count). The molecule has 3 heteroatoms. The van der Waals surface area contributed by atoms with Crippen LogP contribution in [0, 0.1) is 6.92 Å². The van der Waals surface area contributed by atoms with E-state index in [1.807, 2.05) is 12.1 Å². The first-order valence-corrected chi connectivity index (χ1v) is 6.26. The van der Waals surface area contributed by atoms with Crippen LogP contribution >= 0.6 is 0 Å². The third-order valence-electron chi connectivity index (χ3n) is 3.07. The minimum atomic E-state index is 0.846. The number of aryl methyl sites for hydroxylation is 2. The first kappa shape index (κ1) is 12.6. The molecule has 96 valence electrons. The van der Waals surface area contributed by atoms with E-state index in [9.17, 15) is 0 Å². The molecule has 0 aliphatic carbocycles. The van der Waals surface area contributed by atoms with Gasteiger partial charge in [0.2, 0.25) is 0 Å². The Morgan fingerprint density at radius 3 is 2.72 bits per heavy atom. The summed E-state index contributed by atoms with van der Waals surface area (Å²) in [4.78, 5) is 0. The Balaban J connectivity index is 1.99. The summed E-state index contributed by atoms with van der Waals surface area (Å²) in [5.74, 6) is 0.928. The molecule has 1 heterocycles. The second-order valence-electron chi connectivity index (χ2n) is 4.39. The number of ether oxygens (including phenoxy) is 1. The van der Waals surface area contributed by atoms with Gasteiger partial charge >= 0.3 is 0 Å². The van der Waals surface area contributed by atoms with Gasteiger partial charge in [-0.05, 0) is 49.2 Å². The van der Waals surface area contributed by atoms with Crippen molar-refractivity contribution in [2.75, 3.05) is 12.4 Å². The monoisotopic (exact) mass is 244 g/mol. The van der Waals surface area contributed by atoms with Crippen molar-refractivity contribution in [2.24, 2.45) is 0 Å². The number of hydrogen-bond acceptors (Lipinski definition) is 2. The molecule has 0 aliphatic rings. The molecular formula is C15H20N2O. The first-order valence-electron chi connectivity index (χ1n) is 6.26. The molecule has 1 aromatic carbocycles. The van der Waals surface area contributed by atoms with E-state index < -0.39 is 0 Å². The van der Waals surface area contributed by atoms with E-state index >= 15 is 0 Å². The van der Waals surface area contributed by atoms with Crippen LogP contribution < -0.4 is 10.1 Å². The lowest BCUT2D eigenvalue weighted by Crippen LogP contribution is -1.99. The maximum absolute atomic E-state index is 5.25. The second kappa shape index (κ2) is 5.63. The Morgan fingerprint density at radius 2 is 2.11 bits per heavy atom. The maximum atomic E-state index is 5.25. The van der Waals surface area contributed by atoms with Crippen molar-refractivity contribution >= 4 is 5.69 Å². The number of nitrogens with zero attached hydrogens (tertiary/aromatic N) is 1. The van der Waals surface area contributed by atoms with Crippen molar-refractivity contribution in [3.8, 4) is 5.75 Å². The fraction of sp³-hybridized carbons (Fsp3) is 0.333. The number of nitrogens with one attached hydrogen (secondary N) is 1. The number of hydrogen-bond donors (Lipinski definition) is 1. The summed E-state index contributed by atoms with van der Waals surface area (Å²) >= 11 is 0. The second-order valence-corrected chi connectivity index (χ2v) is 4.39. The molecule has 0 atom stereocenters. The van der Waals surface area contributed by atoms with Crippen molar-refractivity contribution in [2.45, 2.75) is 26.9 Å². The van der Waals surface area contributed by atoms with Crippen LogP contribution in [-0.2, 0) is 13.1 Å². The average Bonchev–Trinajstić information content (AvgIpc) is 2.84. The molecule has 0 saturated carbocycles. The summed E-state index contributed by atoms with van der Waals surface area (Å²) in [6, 6.07) is 8.29. The van der Waals surface area contributed by atoms with Crippen molar-refractivity contribution in [1.82, 2.24) is 4.57 Å². The van der Waals surface area contributed by atoms with Crippen molar-refractivity contribution in [1.29, 1.82) is 0 Å². The zero-order valence-electron chi connectivity index (χ0n) is 11.2. The molecule has 2 aromatic rings. The predicted molar refractivity (Wildman–Crippen MR) is 75.2 cm³/mol. The molecule has 0 fully saturated rings. The highest BCUT2D eigenvalue weighted by molar-refractivity contribution is 5.51. The Hall–Kier alpha value is -1.90. The first-order chi connectivity index (χ1) is 8.72. The predicted octanol–water partition coefficient (Wildman–Crippen LogP) is 3.44. The van der Waals surface area contributed by atoms with Gasteiger partial charge in [-0.1, -0.05) is 0 Å².